The quantitative estimate of drug-likeness (QED) is 0.187. The van der Waals surface area contributed by atoms with E-state index in [2.05, 4.69) is 93.6 Å². The number of halogens is 1. The summed E-state index contributed by atoms with van der Waals surface area (Å²) in [5.41, 5.74) is 8.26. The molecule has 4 aromatic carbocycles. The van der Waals surface area contributed by atoms with Crippen molar-refractivity contribution < 1.29 is 4.74 Å². The third-order valence-corrected chi connectivity index (χ3v) is 7.21. The van der Waals surface area contributed by atoms with Gasteiger partial charge in [-0.25, -0.2) is 0 Å². The molecule has 36 heavy (non-hydrogen) atoms. The molecule has 0 N–H and O–H groups in total. The van der Waals surface area contributed by atoms with Crippen molar-refractivity contribution in [2.24, 2.45) is 5.92 Å². The molecule has 0 spiro atoms. The lowest BCUT2D eigenvalue weighted by atomic mass is 9.88. The van der Waals surface area contributed by atoms with E-state index >= 15 is 0 Å². The summed E-state index contributed by atoms with van der Waals surface area (Å²) in [6.07, 6.45) is 5.96. The second-order valence-electron chi connectivity index (χ2n) is 9.72. The molecule has 1 unspecified atom stereocenters. The van der Waals surface area contributed by atoms with Crippen LogP contribution in [0.25, 0.3) is 33.4 Å². The van der Waals surface area contributed by atoms with Crippen molar-refractivity contribution in [2.45, 2.75) is 52.9 Å². The first-order chi connectivity index (χ1) is 17.6. The van der Waals surface area contributed by atoms with Crippen molar-refractivity contribution in [3.8, 4) is 39.1 Å². The molecule has 0 saturated heterocycles. The van der Waals surface area contributed by atoms with Gasteiger partial charge in [0.2, 0.25) is 0 Å². The van der Waals surface area contributed by atoms with E-state index in [9.17, 15) is 0 Å². The maximum Gasteiger partial charge on any atom is 0.119 e. The zero-order valence-electron chi connectivity index (χ0n) is 21.8. The second kappa shape index (κ2) is 12.8. The van der Waals surface area contributed by atoms with Gasteiger partial charge < -0.3 is 4.74 Å². The third-order valence-electron chi connectivity index (χ3n) is 6.89. The van der Waals surface area contributed by atoms with Gasteiger partial charge in [-0.15, -0.1) is 0 Å². The van der Waals surface area contributed by atoms with Crippen LogP contribution in [-0.2, 0) is 6.42 Å². The van der Waals surface area contributed by atoms with Crippen LogP contribution < -0.4 is 4.74 Å². The molecule has 0 fully saturated rings. The SMILES string of the molecule is CCCCCc1cccc(-c2ccccc2-c2c(Cl)cccc2-c2cccc(OCC(C)CC)c2)c1. The number of hydrogen-bond acceptors (Lipinski definition) is 1. The number of unbranched alkanes of at least 4 members (excludes halogenated alkanes) is 2. The predicted molar refractivity (Wildman–Crippen MR) is 156 cm³/mol. The molecular formula is C34H37ClO. The monoisotopic (exact) mass is 496 g/mol. The highest BCUT2D eigenvalue weighted by molar-refractivity contribution is 6.34. The number of benzene rings is 4. The molecular weight excluding hydrogens is 460 g/mol. The Kier molecular flexibility index (Phi) is 9.25. The zero-order valence-corrected chi connectivity index (χ0v) is 22.5. The van der Waals surface area contributed by atoms with E-state index in [0.29, 0.717) is 5.92 Å². The molecule has 4 rings (SSSR count). The summed E-state index contributed by atoms with van der Waals surface area (Å²) >= 11 is 6.92. The minimum absolute atomic E-state index is 0.528. The first-order valence-electron chi connectivity index (χ1n) is 13.3. The molecule has 0 heterocycles. The maximum absolute atomic E-state index is 6.92. The summed E-state index contributed by atoms with van der Waals surface area (Å²) in [7, 11) is 0. The molecule has 0 bridgehead atoms. The second-order valence-corrected chi connectivity index (χ2v) is 10.1. The van der Waals surface area contributed by atoms with Crippen molar-refractivity contribution in [3.63, 3.8) is 0 Å². The van der Waals surface area contributed by atoms with E-state index in [1.807, 2.05) is 18.2 Å². The Balaban J connectivity index is 1.75. The molecule has 0 aromatic heterocycles. The topological polar surface area (TPSA) is 9.23 Å². The lowest BCUT2D eigenvalue weighted by Crippen LogP contribution is -2.07. The molecule has 2 heteroatoms. The fourth-order valence-corrected chi connectivity index (χ4v) is 4.85. The van der Waals surface area contributed by atoms with Crippen LogP contribution in [-0.4, -0.2) is 6.61 Å². The summed E-state index contributed by atoms with van der Waals surface area (Å²) in [6.45, 7) is 7.39. The van der Waals surface area contributed by atoms with Gasteiger partial charge in [0.1, 0.15) is 5.75 Å². The number of ether oxygens (including phenoxy) is 1. The first-order valence-corrected chi connectivity index (χ1v) is 13.7. The number of hydrogen-bond donors (Lipinski definition) is 0. The fourth-order valence-electron chi connectivity index (χ4n) is 4.57. The first kappa shape index (κ1) is 26.0. The lowest BCUT2D eigenvalue weighted by molar-refractivity contribution is 0.256. The van der Waals surface area contributed by atoms with Gasteiger partial charge in [-0.05, 0) is 70.3 Å². The van der Waals surface area contributed by atoms with Crippen LogP contribution >= 0.6 is 11.6 Å². The van der Waals surface area contributed by atoms with Crippen LogP contribution in [0, 0.1) is 5.92 Å². The molecule has 1 atom stereocenters. The molecule has 0 aliphatic heterocycles. The van der Waals surface area contributed by atoms with Gasteiger partial charge in [0.25, 0.3) is 0 Å². The largest absolute Gasteiger partial charge is 0.493 e. The van der Waals surface area contributed by atoms with Crippen molar-refractivity contribution in [2.75, 3.05) is 6.61 Å². The highest BCUT2D eigenvalue weighted by Crippen LogP contribution is 2.42. The van der Waals surface area contributed by atoms with Crippen LogP contribution in [0.3, 0.4) is 0 Å². The van der Waals surface area contributed by atoms with E-state index in [4.69, 9.17) is 16.3 Å². The number of aryl methyl sites for hydroxylation is 1. The Bertz CT molecular complexity index is 1280. The van der Waals surface area contributed by atoms with Gasteiger partial charge in [-0.1, -0.05) is 124 Å². The highest BCUT2D eigenvalue weighted by Gasteiger charge is 2.16. The summed E-state index contributed by atoms with van der Waals surface area (Å²) in [5, 5.41) is 0.755. The van der Waals surface area contributed by atoms with Gasteiger partial charge in [0.15, 0.2) is 0 Å². The normalized spacial score (nSPS) is 11.9. The highest BCUT2D eigenvalue weighted by atomic mass is 35.5. The Morgan fingerprint density at radius 3 is 2.19 bits per heavy atom. The van der Waals surface area contributed by atoms with Crippen LogP contribution in [0.5, 0.6) is 5.75 Å². The molecule has 0 amide bonds. The van der Waals surface area contributed by atoms with Crippen LogP contribution in [0.4, 0.5) is 0 Å². The van der Waals surface area contributed by atoms with Crippen LogP contribution in [0.1, 0.15) is 52.0 Å². The predicted octanol–water partition coefficient (Wildman–Crippen LogP) is 10.5. The molecule has 0 radical (unpaired) electrons. The van der Waals surface area contributed by atoms with E-state index in [-0.39, 0.29) is 0 Å². The lowest BCUT2D eigenvalue weighted by Gasteiger charge is -2.17. The Hall–Kier alpha value is -3.03. The molecule has 0 aliphatic carbocycles. The number of rotatable bonds is 11. The maximum atomic E-state index is 6.92. The van der Waals surface area contributed by atoms with Crippen molar-refractivity contribution in [1.82, 2.24) is 0 Å². The molecule has 1 nitrogen and oxygen atoms in total. The fraction of sp³-hybridized carbons (Fsp3) is 0.294. The molecule has 0 saturated carbocycles. The Labute approximate surface area is 222 Å². The average Bonchev–Trinajstić information content (AvgIpc) is 2.92. The van der Waals surface area contributed by atoms with E-state index in [1.165, 1.54) is 36.0 Å². The van der Waals surface area contributed by atoms with Gasteiger partial charge in [-0.3, -0.25) is 0 Å². The minimum atomic E-state index is 0.528. The van der Waals surface area contributed by atoms with Crippen molar-refractivity contribution in [3.05, 3.63) is 102 Å². The van der Waals surface area contributed by atoms with E-state index in [1.54, 1.807) is 0 Å². The van der Waals surface area contributed by atoms with Crippen LogP contribution in [0.15, 0.2) is 91.0 Å². The molecule has 186 valence electrons. The van der Waals surface area contributed by atoms with Crippen molar-refractivity contribution in [1.29, 1.82) is 0 Å². The summed E-state index contributed by atoms with van der Waals surface area (Å²) in [4.78, 5) is 0. The van der Waals surface area contributed by atoms with Gasteiger partial charge in [-0.2, -0.15) is 0 Å². The summed E-state index contributed by atoms with van der Waals surface area (Å²) in [6, 6.07) is 32.1. The Morgan fingerprint density at radius 1 is 0.722 bits per heavy atom. The van der Waals surface area contributed by atoms with Gasteiger partial charge in [0, 0.05) is 10.6 Å². The van der Waals surface area contributed by atoms with Gasteiger partial charge in [0.05, 0.1) is 6.61 Å². The molecule has 4 aromatic rings. The van der Waals surface area contributed by atoms with Crippen molar-refractivity contribution >= 4 is 11.6 Å². The summed E-state index contributed by atoms with van der Waals surface area (Å²) in [5.74, 6) is 1.42. The third kappa shape index (κ3) is 6.39. The van der Waals surface area contributed by atoms with Crippen LogP contribution in [0.2, 0.25) is 5.02 Å². The average molecular weight is 497 g/mol. The summed E-state index contributed by atoms with van der Waals surface area (Å²) < 4.78 is 6.11. The standard InChI is InChI=1S/C34H37ClO/c1-4-6-7-13-26-14-10-15-27(22-26)30-18-8-9-19-32(30)34-31(20-12-21-33(34)35)28-16-11-17-29(23-28)36-24-25(3)5-2/h8-12,14-23,25H,4-7,13,24H2,1-3H3. The Morgan fingerprint density at radius 2 is 1.42 bits per heavy atom. The van der Waals surface area contributed by atoms with E-state index < -0.39 is 0 Å². The molecule has 0 aliphatic rings. The zero-order chi connectivity index (χ0) is 25.3. The van der Waals surface area contributed by atoms with Gasteiger partial charge >= 0.3 is 0 Å². The smallest absolute Gasteiger partial charge is 0.119 e. The minimum Gasteiger partial charge on any atom is -0.493 e. The van der Waals surface area contributed by atoms with E-state index in [0.717, 1.165) is 52.5 Å².